The van der Waals surface area contributed by atoms with Crippen molar-refractivity contribution in [1.29, 1.82) is 0 Å². The summed E-state index contributed by atoms with van der Waals surface area (Å²) in [6.07, 6.45) is 0. The van der Waals surface area contributed by atoms with E-state index in [1.807, 2.05) is 0 Å². The first-order chi connectivity index (χ1) is 8.52. The second-order valence-electron chi connectivity index (χ2n) is 4.01. The average Bonchev–Trinajstić information content (AvgIpc) is 2.60. The smallest absolute Gasteiger partial charge is 0.285 e. The van der Waals surface area contributed by atoms with Crippen LogP contribution in [0.25, 0.3) is 0 Å². The molecule has 0 aliphatic carbocycles. The van der Waals surface area contributed by atoms with Crippen LogP contribution in [0.2, 0.25) is 0 Å². The summed E-state index contributed by atoms with van der Waals surface area (Å²) in [5, 5.41) is 0.631. The van der Waals surface area contributed by atoms with E-state index in [4.69, 9.17) is 4.84 Å². The van der Waals surface area contributed by atoms with Crippen molar-refractivity contribution in [3.63, 3.8) is 0 Å². The van der Waals surface area contributed by atoms with Crippen LogP contribution in [-0.2, 0) is 9.63 Å². The minimum atomic E-state index is -0.540. The highest BCUT2D eigenvalue weighted by atomic mass is 16.7. The molecule has 0 atom stereocenters. The average molecular weight is 248 g/mol. The lowest BCUT2D eigenvalue weighted by molar-refractivity contribution is -0.147. The standard InChI is InChI=1S/C12H12N2O4/c1-13(2)10(15)7-18-14-11(16)8-5-3-4-6-9(8)12(14)17/h3-6H,7H2,1-2H3. The first kappa shape index (κ1) is 12.3. The zero-order valence-electron chi connectivity index (χ0n) is 10.0. The van der Waals surface area contributed by atoms with Crippen molar-refractivity contribution >= 4 is 17.7 Å². The largest absolute Gasteiger partial charge is 0.347 e. The van der Waals surface area contributed by atoms with Crippen LogP contribution in [0.4, 0.5) is 0 Å². The van der Waals surface area contributed by atoms with E-state index >= 15 is 0 Å². The normalized spacial score (nSPS) is 13.8. The molecule has 0 N–H and O–H groups in total. The molecule has 1 aliphatic rings. The first-order valence-corrected chi connectivity index (χ1v) is 5.33. The highest BCUT2D eigenvalue weighted by Crippen LogP contribution is 2.22. The second kappa shape index (κ2) is 4.58. The van der Waals surface area contributed by atoms with Gasteiger partial charge in [0, 0.05) is 14.1 Å². The zero-order chi connectivity index (χ0) is 13.3. The Morgan fingerprint density at radius 3 is 2.11 bits per heavy atom. The molecule has 0 saturated carbocycles. The van der Waals surface area contributed by atoms with E-state index < -0.39 is 11.8 Å². The summed E-state index contributed by atoms with van der Waals surface area (Å²) < 4.78 is 0. The minimum absolute atomic E-state index is 0.291. The van der Waals surface area contributed by atoms with Gasteiger partial charge in [0.05, 0.1) is 11.1 Å². The van der Waals surface area contributed by atoms with Gasteiger partial charge in [0.1, 0.15) is 0 Å². The molecule has 1 aromatic rings. The van der Waals surface area contributed by atoms with Gasteiger partial charge >= 0.3 is 0 Å². The number of likely N-dealkylation sites (N-methyl/N-ethyl adjacent to an activating group) is 1. The fraction of sp³-hybridized carbons (Fsp3) is 0.250. The number of nitrogens with zero attached hydrogens (tertiary/aromatic N) is 2. The molecule has 0 radical (unpaired) electrons. The van der Waals surface area contributed by atoms with E-state index in [-0.39, 0.29) is 12.5 Å². The summed E-state index contributed by atoms with van der Waals surface area (Å²) in [5.41, 5.74) is 0.583. The van der Waals surface area contributed by atoms with Gasteiger partial charge in [-0.1, -0.05) is 12.1 Å². The van der Waals surface area contributed by atoms with Gasteiger partial charge in [-0.05, 0) is 12.1 Å². The van der Waals surface area contributed by atoms with Crippen molar-refractivity contribution in [3.05, 3.63) is 35.4 Å². The Morgan fingerprint density at radius 2 is 1.67 bits per heavy atom. The fourth-order valence-corrected chi connectivity index (χ4v) is 1.53. The number of rotatable bonds is 3. The van der Waals surface area contributed by atoms with Crippen molar-refractivity contribution in [2.24, 2.45) is 0 Å². The van der Waals surface area contributed by atoms with Crippen molar-refractivity contribution < 1.29 is 19.2 Å². The number of imide groups is 1. The van der Waals surface area contributed by atoms with Crippen LogP contribution in [0.5, 0.6) is 0 Å². The summed E-state index contributed by atoms with van der Waals surface area (Å²) in [4.78, 5) is 41.3. The molecule has 6 nitrogen and oxygen atoms in total. The lowest BCUT2D eigenvalue weighted by Crippen LogP contribution is -2.35. The molecule has 6 heteroatoms. The molecule has 1 aliphatic heterocycles. The summed E-state index contributed by atoms with van der Waals surface area (Å²) in [7, 11) is 3.13. The van der Waals surface area contributed by atoms with Crippen LogP contribution in [0.1, 0.15) is 20.7 Å². The van der Waals surface area contributed by atoms with Gasteiger partial charge in [0.2, 0.25) is 0 Å². The predicted octanol–water partition coefficient (Wildman–Crippen LogP) is 0.302. The number of hydrogen-bond donors (Lipinski definition) is 0. The number of carbonyl (C=O) groups excluding carboxylic acids is 3. The molecule has 0 unspecified atom stereocenters. The highest BCUT2D eigenvalue weighted by molar-refractivity contribution is 6.20. The molecule has 94 valence electrons. The first-order valence-electron chi connectivity index (χ1n) is 5.33. The zero-order valence-corrected chi connectivity index (χ0v) is 10.0. The van der Waals surface area contributed by atoms with Crippen molar-refractivity contribution in [3.8, 4) is 0 Å². The maximum absolute atomic E-state index is 11.8. The SMILES string of the molecule is CN(C)C(=O)CON1C(=O)c2ccccc2C1=O. The molecule has 1 aromatic carbocycles. The van der Waals surface area contributed by atoms with E-state index in [9.17, 15) is 14.4 Å². The molecule has 1 heterocycles. The van der Waals surface area contributed by atoms with Crippen molar-refractivity contribution in [2.75, 3.05) is 20.7 Å². The predicted molar refractivity (Wildman–Crippen MR) is 61.6 cm³/mol. The molecule has 3 amide bonds. The van der Waals surface area contributed by atoms with E-state index in [0.29, 0.717) is 16.2 Å². The molecule has 0 aromatic heterocycles. The van der Waals surface area contributed by atoms with Gasteiger partial charge in [0.15, 0.2) is 6.61 Å². The van der Waals surface area contributed by atoms with Crippen LogP contribution in [0, 0.1) is 0 Å². The maximum atomic E-state index is 11.8. The topological polar surface area (TPSA) is 66.9 Å². The van der Waals surface area contributed by atoms with Crippen LogP contribution in [0.15, 0.2) is 24.3 Å². The number of benzene rings is 1. The molecule has 2 rings (SSSR count). The van der Waals surface area contributed by atoms with Gasteiger partial charge in [0.25, 0.3) is 17.7 Å². The van der Waals surface area contributed by atoms with Gasteiger partial charge in [-0.15, -0.1) is 5.06 Å². The minimum Gasteiger partial charge on any atom is -0.347 e. The summed E-state index contributed by atoms with van der Waals surface area (Å²) in [6.45, 7) is -0.349. The summed E-state index contributed by atoms with van der Waals surface area (Å²) in [5.74, 6) is -1.41. The van der Waals surface area contributed by atoms with Crippen molar-refractivity contribution in [1.82, 2.24) is 9.96 Å². The lowest BCUT2D eigenvalue weighted by atomic mass is 10.1. The summed E-state index contributed by atoms with van der Waals surface area (Å²) in [6, 6.07) is 6.43. The van der Waals surface area contributed by atoms with Crippen LogP contribution >= 0.6 is 0 Å². The fourth-order valence-electron chi connectivity index (χ4n) is 1.53. The van der Waals surface area contributed by atoms with E-state index in [1.54, 1.807) is 38.4 Å². The van der Waals surface area contributed by atoms with Gasteiger partial charge < -0.3 is 4.90 Å². The van der Waals surface area contributed by atoms with Crippen LogP contribution in [0.3, 0.4) is 0 Å². The molecular formula is C12H12N2O4. The maximum Gasteiger partial charge on any atom is 0.285 e. The Kier molecular flexibility index (Phi) is 3.12. The molecular weight excluding hydrogens is 236 g/mol. The Morgan fingerprint density at radius 1 is 1.17 bits per heavy atom. The quantitative estimate of drug-likeness (QED) is 0.722. The van der Waals surface area contributed by atoms with E-state index in [0.717, 1.165) is 0 Å². The number of hydroxylamine groups is 2. The molecule has 0 saturated heterocycles. The third kappa shape index (κ3) is 1.98. The third-order valence-electron chi connectivity index (χ3n) is 2.57. The second-order valence-corrected chi connectivity index (χ2v) is 4.01. The number of carbonyl (C=O) groups is 3. The van der Waals surface area contributed by atoms with E-state index in [1.165, 1.54) is 4.90 Å². The van der Waals surface area contributed by atoms with Gasteiger partial charge in [-0.3, -0.25) is 19.2 Å². The van der Waals surface area contributed by atoms with E-state index in [2.05, 4.69) is 0 Å². The Hall–Kier alpha value is -2.21. The van der Waals surface area contributed by atoms with Crippen LogP contribution < -0.4 is 0 Å². The Bertz CT molecular complexity index is 490. The van der Waals surface area contributed by atoms with Crippen LogP contribution in [-0.4, -0.2) is 48.4 Å². The summed E-state index contributed by atoms with van der Waals surface area (Å²) >= 11 is 0. The number of amides is 3. The Balaban J connectivity index is 2.12. The monoisotopic (exact) mass is 248 g/mol. The molecule has 0 fully saturated rings. The molecule has 0 bridgehead atoms. The van der Waals surface area contributed by atoms with Gasteiger partial charge in [-0.2, -0.15) is 0 Å². The molecule has 18 heavy (non-hydrogen) atoms. The third-order valence-corrected chi connectivity index (χ3v) is 2.57. The highest BCUT2D eigenvalue weighted by Gasteiger charge is 2.36. The lowest BCUT2D eigenvalue weighted by Gasteiger charge is -2.15. The Labute approximate surface area is 104 Å². The number of fused-ring (bicyclic) bond motifs is 1. The number of hydrogen-bond acceptors (Lipinski definition) is 4. The van der Waals surface area contributed by atoms with Gasteiger partial charge in [-0.25, -0.2) is 0 Å². The molecule has 0 spiro atoms. The van der Waals surface area contributed by atoms with Crippen molar-refractivity contribution in [2.45, 2.75) is 0 Å².